The summed E-state index contributed by atoms with van der Waals surface area (Å²) in [5, 5.41) is 3.05. The van der Waals surface area contributed by atoms with Crippen molar-refractivity contribution < 1.29 is 0 Å². The molecule has 1 aromatic rings. The molecule has 0 aliphatic rings. The van der Waals surface area contributed by atoms with Gasteiger partial charge in [-0.25, -0.2) is 4.98 Å². The second-order valence-electron chi connectivity index (χ2n) is 3.96. The van der Waals surface area contributed by atoms with Crippen molar-refractivity contribution in [2.24, 2.45) is 5.92 Å². The minimum Gasteiger partial charge on any atom is -0.391 e. The topological polar surface area (TPSA) is 83.8 Å². The van der Waals surface area contributed by atoms with E-state index in [2.05, 4.69) is 29.1 Å². The number of hydrogen-bond donors (Lipinski definition) is 3. The summed E-state index contributed by atoms with van der Waals surface area (Å²) >= 11 is 0. The molecule has 0 unspecified atom stereocenters. The molecule has 5 nitrogen and oxygen atoms in total. The Morgan fingerprint density at radius 1 is 1.60 bits per heavy atom. The first-order chi connectivity index (χ1) is 7.11. The number of aromatic amines is 1. The van der Waals surface area contributed by atoms with Gasteiger partial charge in [0, 0.05) is 6.54 Å². The summed E-state index contributed by atoms with van der Waals surface area (Å²) in [5.41, 5.74) is 5.42. The van der Waals surface area contributed by atoms with Crippen molar-refractivity contribution in [3.05, 3.63) is 16.7 Å². The predicted octanol–water partition coefficient (Wildman–Crippen LogP) is 1.20. The normalized spacial score (nSPS) is 10.6. The van der Waals surface area contributed by atoms with E-state index in [0.29, 0.717) is 11.7 Å². The van der Waals surface area contributed by atoms with Crippen molar-refractivity contribution in [3.63, 3.8) is 0 Å². The van der Waals surface area contributed by atoms with E-state index in [4.69, 9.17) is 5.73 Å². The van der Waals surface area contributed by atoms with Crippen molar-refractivity contribution in [2.75, 3.05) is 17.6 Å². The van der Waals surface area contributed by atoms with Gasteiger partial charge in [0.2, 0.25) is 0 Å². The molecular weight excluding hydrogens is 192 g/mol. The SMILES string of the molecule is CC(C)CCCNc1nc[nH]c(=O)c1N. The minimum absolute atomic E-state index is 0.155. The van der Waals surface area contributed by atoms with Gasteiger partial charge >= 0.3 is 0 Å². The summed E-state index contributed by atoms with van der Waals surface area (Å²) in [7, 11) is 0. The number of nitrogen functional groups attached to an aromatic ring is 1. The third-order valence-electron chi connectivity index (χ3n) is 2.14. The molecule has 5 heteroatoms. The number of hydrogen-bond acceptors (Lipinski definition) is 4. The summed E-state index contributed by atoms with van der Waals surface area (Å²) in [6, 6.07) is 0. The second-order valence-corrected chi connectivity index (χ2v) is 3.96. The number of aromatic nitrogens is 2. The van der Waals surface area contributed by atoms with Gasteiger partial charge in [0.1, 0.15) is 5.69 Å². The van der Waals surface area contributed by atoms with E-state index < -0.39 is 0 Å². The maximum absolute atomic E-state index is 11.1. The van der Waals surface area contributed by atoms with E-state index in [1.165, 1.54) is 6.33 Å². The molecule has 1 heterocycles. The van der Waals surface area contributed by atoms with Crippen LogP contribution < -0.4 is 16.6 Å². The van der Waals surface area contributed by atoms with Crippen LogP contribution in [0.15, 0.2) is 11.1 Å². The summed E-state index contributed by atoms with van der Waals surface area (Å²) in [6.07, 6.45) is 3.55. The highest BCUT2D eigenvalue weighted by atomic mass is 16.1. The molecule has 0 aliphatic heterocycles. The molecule has 0 amide bonds. The van der Waals surface area contributed by atoms with E-state index in [-0.39, 0.29) is 11.2 Å². The van der Waals surface area contributed by atoms with Gasteiger partial charge in [0.15, 0.2) is 5.82 Å². The zero-order chi connectivity index (χ0) is 11.3. The molecule has 0 fully saturated rings. The molecule has 0 bridgehead atoms. The lowest BCUT2D eigenvalue weighted by atomic mass is 10.1. The first-order valence-electron chi connectivity index (χ1n) is 5.18. The highest BCUT2D eigenvalue weighted by molar-refractivity contribution is 5.58. The van der Waals surface area contributed by atoms with E-state index in [0.717, 1.165) is 19.4 Å². The Labute approximate surface area is 89.1 Å². The van der Waals surface area contributed by atoms with Gasteiger partial charge in [-0.1, -0.05) is 13.8 Å². The van der Waals surface area contributed by atoms with Crippen LogP contribution in [0.25, 0.3) is 0 Å². The molecule has 1 rings (SSSR count). The average Bonchev–Trinajstić information content (AvgIpc) is 2.18. The number of anilines is 2. The van der Waals surface area contributed by atoms with E-state index in [1.54, 1.807) is 0 Å². The Hall–Kier alpha value is -1.52. The van der Waals surface area contributed by atoms with Crippen LogP contribution in [0.4, 0.5) is 11.5 Å². The van der Waals surface area contributed by atoms with Gasteiger partial charge < -0.3 is 16.0 Å². The van der Waals surface area contributed by atoms with Crippen LogP contribution in [-0.4, -0.2) is 16.5 Å². The zero-order valence-electron chi connectivity index (χ0n) is 9.21. The summed E-state index contributed by atoms with van der Waals surface area (Å²) in [4.78, 5) is 17.5. The largest absolute Gasteiger partial charge is 0.391 e. The van der Waals surface area contributed by atoms with Crippen LogP contribution in [0.3, 0.4) is 0 Å². The summed E-state index contributed by atoms with van der Waals surface area (Å²) in [5.74, 6) is 1.17. The number of nitrogens with one attached hydrogen (secondary N) is 2. The van der Waals surface area contributed by atoms with Gasteiger partial charge in [-0.2, -0.15) is 0 Å². The first-order valence-corrected chi connectivity index (χ1v) is 5.18. The van der Waals surface area contributed by atoms with Crippen molar-refractivity contribution >= 4 is 11.5 Å². The summed E-state index contributed by atoms with van der Waals surface area (Å²) in [6.45, 7) is 5.15. The number of rotatable bonds is 5. The molecule has 0 saturated carbocycles. The molecular formula is C10H18N4O. The molecule has 15 heavy (non-hydrogen) atoms. The lowest BCUT2D eigenvalue weighted by molar-refractivity contribution is 0.566. The first kappa shape index (κ1) is 11.6. The minimum atomic E-state index is -0.295. The molecule has 0 spiro atoms. The third kappa shape index (κ3) is 3.61. The van der Waals surface area contributed by atoms with Crippen LogP contribution in [0.2, 0.25) is 0 Å². The predicted molar refractivity (Wildman–Crippen MR) is 61.8 cm³/mol. The summed E-state index contributed by atoms with van der Waals surface area (Å²) < 4.78 is 0. The van der Waals surface area contributed by atoms with E-state index >= 15 is 0 Å². The van der Waals surface area contributed by atoms with Gasteiger partial charge in [0.25, 0.3) is 5.56 Å². The Morgan fingerprint density at radius 2 is 2.33 bits per heavy atom. The van der Waals surface area contributed by atoms with Crippen LogP contribution in [0, 0.1) is 5.92 Å². The second kappa shape index (κ2) is 5.38. The smallest absolute Gasteiger partial charge is 0.276 e. The number of H-pyrrole nitrogens is 1. The van der Waals surface area contributed by atoms with Gasteiger partial charge in [-0.15, -0.1) is 0 Å². The van der Waals surface area contributed by atoms with Gasteiger partial charge in [-0.05, 0) is 18.8 Å². The zero-order valence-corrected chi connectivity index (χ0v) is 9.21. The fourth-order valence-corrected chi connectivity index (χ4v) is 1.27. The quantitative estimate of drug-likeness (QED) is 0.638. The molecule has 84 valence electrons. The highest BCUT2D eigenvalue weighted by Gasteiger charge is 2.02. The molecule has 4 N–H and O–H groups in total. The molecule has 1 aromatic heterocycles. The number of nitrogens with two attached hydrogens (primary N) is 1. The Kier molecular flexibility index (Phi) is 4.15. The van der Waals surface area contributed by atoms with Crippen LogP contribution in [0.5, 0.6) is 0 Å². The van der Waals surface area contributed by atoms with Crippen molar-refractivity contribution in [3.8, 4) is 0 Å². The van der Waals surface area contributed by atoms with Crippen molar-refractivity contribution in [2.45, 2.75) is 26.7 Å². The lowest BCUT2D eigenvalue weighted by Gasteiger charge is -2.08. The fraction of sp³-hybridized carbons (Fsp3) is 0.600. The lowest BCUT2D eigenvalue weighted by Crippen LogP contribution is -2.16. The maximum Gasteiger partial charge on any atom is 0.276 e. The standard InChI is InChI=1S/C10H18N4O/c1-7(2)4-3-5-12-9-8(11)10(15)14-6-13-9/h6-7H,3-5,11H2,1-2H3,(H2,12,13,14,15). The highest BCUT2D eigenvalue weighted by Crippen LogP contribution is 2.08. The molecule has 0 aromatic carbocycles. The Bertz CT molecular complexity index is 359. The fourth-order valence-electron chi connectivity index (χ4n) is 1.27. The van der Waals surface area contributed by atoms with E-state index in [9.17, 15) is 4.79 Å². The maximum atomic E-state index is 11.1. The van der Waals surface area contributed by atoms with Crippen LogP contribution in [0.1, 0.15) is 26.7 Å². The van der Waals surface area contributed by atoms with Crippen molar-refractivity contribution in [1.29, 1.82) is 0 Å². The molecule has 0 aliphatic carbocycles. The molecule has 0 radical (unpaired) electrons. The monoisotopic (exact) mass is 210 g/mol. The van der Waals surface area contributed by atoms with Crippen LogP contribution in [-0.2, 0) is 0 Å². The molecule has 0 saturated heterocycles. The average molecular weight is 210 g/mol. The van der Waals surface area contributed by atoms with Crippen LogP contribution >= 0.6 is 0 Å². The van der Waals surface area contributed by atoms with Gasteiger partial charge in [-0.3, -0.25) is 4.79 Å². The van der Waals surface area contributed by atoms with Crippen molar-refractivity contribution in [1.82, 2.24) is 9.97 Å². The number of nitrogens with zero attached hydrogens (tertiary/aromatic N) is 1. The third-order valence-corrected chi connectivity index (χ3v) is 2.14. The Morgan fingerprint density at radius 3 is 3.00 bits per heavy atom. The van der Waals surface area contributed by atoms with E-state index in [1.807, 2.05) is 0 Å². The molecule has 0 atom stereocenters. The Balaban J connectivity index is 2.44. The van der Waals surface area contributed by atoms with Gasteiger partial charge in [0.05, 0.1) is 6.33 Å².